The molecule has 0 aromatic heterocycles. The molecule has 1 aliphatic heterocycles. The Morgan fingerprint density at radius 1 is 1.12 bits per heavy atom. The van der Waals surface area contributed by atoms with Crippen LogP contribution in [0.25, 0.3) is 0 Å². The molecule has 7 heteroatoms. The van der Waals surface area contributed by atoms with Gasteiger partial charge in [0.25, 0.3) is 5.17 Å². The van der Waals surface area contributed by atoms with Crippen LogP contribution in [0.1, 0.15) is 26.3 Å². The number of carbonyl (C=O) groups excluding carboxylic acids is 1. The Balaban J connectivity index is 1.76. The molecule has 1 aromatic rings. The van der Waals surface area contributed by atoms with Crippen LogP contribution < -0.4 is 0 Å². The van der Waals surface area contributed by atoms with Gasteiger partial charge in [-0.05, 0) is 50.7 Å². The molecule has 0 radical (unpaired) electrons. The zero-order valence-corrected chi connectivity index (χ0v) is 15.1. The van der Waals surface area contributed by atoms with Gasteiger partial charge in [0, 0.05) is 26.2 Å². The summed E-state index contributed by atoms with van der Waals surface area (Å²) in [6.45, 7) is 8.26. The predicted molar refractivity (Wildman–Crippen MR) is 94.9 cm³/mol. The van der Waals surface area contributed by atoms with E-state index in [1.165, 1.54) is 0 Å². The second-order valence-corrected chi connectivity index (χ2v) is 7.02. The normalized spacial score (nSPS) is 15.1. The van der Waals surface area contributed by atoms with Gasteiger partial charge in [0.1, 0.15) is 18.0 Å². The van der Waals surface area contributed by atoms with Crippen molar-refractivity contribution in [3.8, 4) is 5.75 Å². The van der Waals surface area contributed by atoms with Crippen molar-refractivity contribution in [2.24, 2.45) is 0 Å². The van der Waals surface area contributed by atoms with E-state index in [-0.39, 0.29) is 11.8 Å². The summed E-state index contributed by atoms with van der Waals surface area (Å²) in [4.78, 5) is 15.7. The van der Waals surface area contributed by atoms with Crippen molar-refractivity contribution in [3.63, 3.8) is 0 Å². The molecule has 0 saturated carbocycles. The van der Waals surface area contributed by atoms with Crippen LogP contribution in [0.2, 0.25) is 0 Å². The van der Waals surface area contributed by atoms with E-state index in [0.29, 0.717) is 38.0 Å². The second-order valence-electron chi connectivity index (χ2n) is 6.68. The minimum absolute atomic E-state index is 0.222. The highest BCUT2D eigenvalue weighted by molar-refractivity contribution is 7.80. The molecular formula is C17H24N2O4S. The van der Waals surface area contributed by atoms with Crippen LogP contribution >= 0.6 is 12.2 Å². The van der Waals surface area contributed by atoms with Gasteiger partial charge in [0.05, 0.1) is 0 Å². The first kappa shape index (κ1) is 18.3. The van der Waals surface area contributed by atoms with E-state index < -0.39 is 5.60 Å². The maximum atomic E-state index is 12.0. The number of phenols is 1. The summed E-state index contributed by atoms with van der Waals surface area (Å²) in [5, 5.41) is 9.68. The summed E-state index contributed by atoms with van der Waals surface area (Å²) < 4.78 is 11.0. The maximum absolute atomic E-state index is 12.0. The summed E-state index contributed by atoms with van der Waals surface area (Å²) in [6.07, 6.45) is -0.293. The van der Waals surface area contributed by atoms with Crippen LogP contribution in [0.3, 0.4) is 0 Å². The maximum Gasteiger partial charge on any atom is 0.410 e. The lowest BCUT2D eigenvalue weighted by Gasteiger charge is -2.36. The molecule has 132 valence electrons. The fourth-order valence-electron chi connectivity index (χ4n) is 2.23. The molecule has 1 saturated heterocycles. The monoisotopic (exact) mass is 352 g/mol. The van der Waals surface area contributed by atoms with Gasteiger partial charge in [-0.15, -0.1) is 0 Å². The SMILES string of the molecule is CC(C)(C)OC(=O)N1CCN(C(=S)OCc2ccc(O)cc2)CC1. The van der Waals surface area contributed by atoms with E-state index >= 15 is 0 Å². The summed E-state index contributed by atoms with van der Waals surface area (Å²) in [5.74, 6) is 0.222. The van der Waals surface area contributed by atoms with Crippen LogP contribution in [-0.2, 0) is 16.1 Å². The lowest BCUT2D eigenvalue weighted by Crippen LogP contribution is -2.51. The molecule has 6 nitrogen and oxygen atoms in total. The second kappa shape index (κ2) is 7.70. The third-order valence-corrected chi connectivity index (χ3v) is 3.86. The van der Waals surface area contributed by atoms with E-state index in [4.69, 9.17) is 21.7 Å². The van der Waals surface area contributed by atoms with E-state index in [9.17, 15) is 9.90 Å². The molecule has 0 atom stereocenters. The highest BCUT2D eigenvalue weighted by atomic mass is 32.1. The molecule has 1 N–H and O–H groups in total. The molecule has 24 heavy (non-hydrogen) atoms. The molecule has 0 aliphatic carbocycles. The number of piperazine rings is 1. The zero-order valence-electron chi connectivity index (χ0n) is 14.3. The van der Waals surface area contributed by atoms with Crippen molar-refractivity contribution in [1.29, 1.82) is 0 Å². The third kappa shape index (κ3) is 5.56. The van der Waals surface area contributed by atoms with Crippen LogP contribution in [0, 0.1) is 0 Å². The van der Waals surface area contributed by atoms with E-state index in [0.717, 1.165) is 5.56 Å². The molecule has 1 amide bonds. The highest BCUT2D eigenvalue weighted by Gasteiger charge is 2.27. The minimum Gasteiger partial charge on any atom is -0.508 e. The average Bonchev–Trinajstić information content (AvgIpc) is 2.52. The summed E-state index contributed by atoms with van der Waals surface area (Å²) in [5.41, 5.74) is 0.444. The first-order chi connectivity index (χ1) is 11.2. The number of hydrogen-bond acceptors (Lipinski definition) is 5. The number of ether oxygens (including phenoxy) is 2. The Kier molecular flexibility index (Phi) is 5.88. The number of benzene rings is 1. The molecule has 2 rings (SSSR count). The molecule has 0 spiro atoms. The van der Waals surface area contributed by atoms with Crippen molar-refractivity contribution in [3.05, 3.63) is 29.8 Å². The summed E-state index contributed by atoms with van der Waals surface area (Å²) in [7, 11) is 0. The summed E-state index contributed by atoms with van der Waals surface area (Å²) in [6, 6.07) is 6.81. The molecule has 1 heterocycles. The Morgan fingerprint density at radius 2 is 1.67 bits per heavy atom. The Morgan fingerprint density at radius 3 is 2.21 bits per heavy atom. The van der Waals surface area contributed by atoms with Gasteiger partial charge in [-0.25, -0.2) is 4.79 Å². The van der Waals surface area contributed by atoms with Gasteiger partial charge in [-0.1, -0.05) is 12.1 Å². The van der Waals surface area contributed by atoms with Crippen LogP contribution in [-0.4, -0.2) is 58.0 Å². The van der Waals surface area contributed by atoms with Crippen molar-refractivity contribution < 1.29 is 19.4 Å². The largest absolute Gasteiger partial charge is 0.508 e. The number of phenolic OH excluding ortho intramolecular Hbond substituents is 1. The van der Waals surface area contributed by atoms with Crippen molar-refractivity contribution in [1.82, 2.24) is 9.80 Å². The smallest absolute Gasteiger partial charge is 0.410 e. The first-order valence-electron chi connectivity index (χ1n) is 7.92. The molecule has 1 aromatic carbocycles. The van der Waals surface area contributed by atoms with Gasteiger partial charge in [-0.3, -0.25) is 0 Å². The standard InChI is InChI=1S/C17H24N2O4S/c1-17(2,3)23-15(21)18-8-10-19(11-9-18)16(24)22-12-13-4-6-14(20)7-5-13/h4-7,20H,8-12H2,1-3H3. The van der Waals surface area contributed by atoms with Gasteiger partial charge in [0.2, 0.25) is 0 Å². The van der Waals surface area contributed by atoms with Crippen molar-refractivity contribution in [2.75, 3.05) is 26.2 Å². The van der Waals surface area contributed by atoms with Crippen molar-refractivity contribution >= 4 is 23.5 Å². The van der Waals surface area contributed by atoms with E-state index in [1.807, 2.05) is 25.7 Å². The molecule has 0 unspecified atom stereocenters. The first-order valence-corrected chi connectivity index (χ1v) is 8.33. The average molecular weight is 352 g/mol. The Labute approximate surface area is 148 Å². The van der Waals surface area contributed by atoms with Crippen molar-refractivity contribution in [2.45, 2.75) is 33.0 Å². The quantitative estimate of drug-likeness (QED) is 0.826. The van der Waals surface area contributed by atoms with Gasteiger partial charge >= 0.3 is 6.09 Å². The Hall–Kier alpha value is -2.02. The topological polar surface area (TPSA) is 62.2 Å². The predicted octanol–water partition coefficient (Wildman–Crippen LogP) is 2.75. The van der Waals surface area contributed by atoms with Gasteiger partial charge in [-0.2, -0.15) is 0 Å². The molecule has 1 aliphatic rings. The lowest BCUT2D eigenvalue weighted by atomic mass is 10.2. The van der Waals surface area contributed by atoms with Gasteiger partial charge in [0.15, 0.2) is 0 Å². The van der Waals surface area contributed by atoms with Gasteiger partial charge < -0.3 is 24.4 Å². The fourth-order valence-corrected chi connectivity index (χ4v) is 2.47. The lowest BCUT2D eigenvalue weighted by molar-refractivity contribution is 0.0174. The molecule has 1 fully saturated rings. The van der Waals surface area contributed by atoms with E-state index in [1.54, 1.807) is 29.2 Å². The van der Waals surface area contributed by atoms with Crippen LogP contribution in [0.5, 0.6) is 5.75 Å². The van der Waals surface area contributed by atoms with Crippen LogP contribution in [0.4, 0.5) is 4.79 Å². The number of rotatable bonds is 2. The number of thiocarbonyl (C=S) groups is 1. The van der Waals surface area contributed by atoms with Crippen LogP contribution in [0.15, 0.2) is 24.3 Å². The molecule has 0 bridgehead atoms. The number of carbonyl (C=O) groups is 1. The number of aromatic hydroxyl groups is 1. The molecular weight excluding hydrogens is 328 g/mol. The zero-order chi connectivity index (χ0) is 17.7. The highest BCUT2D eigenvalue weighted by Crippen LogP contribution is 2.14. The number of amides is 1. The Bertz CT molecular complexity index is 575. The number of hydrogen-bond donors (Lipinski definition) is 1. The fraction of sp³-hybridized carbons (Fsp3) is 0.529. The van der Waals surface area contributed by atoms with E-state index in [2.05, 4.69) is 0 Å². The third-order valence-electron chi connectivity index (χ3n) is 3.49. The number of nitrogens with zero attached hydrogens (tertiary/aromatic N) is 2. The minimum atomic E-state index is -0.489. The summed E-state index contributed by atoms with van der Waals surface area (Å²) >= 11 is 5.31.